The number of hydrogen-bond donors (Lipinski definition) is 2. The fraction of sp³-hybridized carbons (Fsp3) is 0.702. The van der Waals surface area contributed by atoms with E-state index in [1.807, 2.05) is 58.0 Å². The van der Waals surface area contributed by atoms with Crippen LogP contribution in [0.4, 0.5) is 5.69 Å². The number of allylic oxidation sites excluding steroid dienone is 3. The number of amides is 2. The van der Waals surface area contributed by atoms with E-state index < -0.39 is 86.1 Å². The van der Waals surface area contributed by atoms with Gasteiger partial charge in [-0.2, -0.15) is 0 Å². The molecule has 13 unspecified atom stereocenters. The monoisotopic (exact) mass is 1020 g/mol. The van der Waals surface area contributed by atoms with Gasteiger partial charge in [-0.05, 0) is 131 Å². The number of hydrogen-bond acceptors (Lipinski definition) is 12. The fourth-order valence-electron chi connectivity index (χ4n) is 11.0. The number of ether oxygens (including phenoxy) is 5. The van der Waals surface area contributed by atoms with Gasteiger partial charge < -0.3 is 43.4 Å². The number of methoxy groups -OCH3 is 3. The third-order valence-electron chi connectivity index (χ3n) is 16.4. The lowest BCUT2D eigenvalue weighted by atomic mass is 9.80. The van der Waals surface area contributed by atoms with Crippen molar-refractivity contribution in [2.24, 2.45) is 29.6 Å². The molecule has 2 bridgehead atoms. The van der Waals surface area contributed by atoms with Gasteiger partial charge in [0.2, 0.25) is 11.7 Å². The Morgan fingerprint density at radius 1 is 0.931 bits per heavy atom. The summed E-state index contributed by atoms with van der Waals surface area (Å²) in [5.74, 6) is -7.32. The van der Waals surface area contributed by atoms with E-state index in [0.29, 0.717) is 57.1 Å². The van der Waals surface area contributed by atoms with Crippen LogP contribution < -0.4 is 5.32 Å². The largest absolute Gasteiger partial charge is 0.456 e. The predicted molar refractivity (Wildman–Crippen MR) is 281 cm³/mol. The highest BCUT2D eigenvalue weighted by molar-refractivity contribution is 6.74. The summed E-state index contributed by atoms with van der Waals surface area (Å²) in [6.07, 6.45) is 7.15. The van der Waals surface area contributed by atoms with E-state index >= 15 is 0 Å². The number of fused-ring (bicyclic) bond motifs is 3. The van der Waals surface area contributed by atoms with Crippen molar-refractivity contribution in [1.29, 1.82) is 0 Å². The highest BCUT2D eigenvalue weighted by Crippen LogP contribution is 2.42. The van der Waals surface area contributed by atoms with Crippen molar-refractivity contribution < 1.29 is 57.2 Å². The van der Waals surface area contributed by atoms with Crippen LogP contribution in [0.5, 0.6) is 0 Å². The SMILES string of the molecule is CCC1C=C(C)CC(C)CC(OC)C2OC(O)(C(=O)C(=O)N3CCCCC3C(=O)OC(C(C)=CC3CCC(=CC(=O)Nc4ccccc4)C(OC)C3)C(C)C(O[Si](C)(C)C(C)(C)C)CC1=O)C(C)CC2OC. The van der Waals surface area contributed by atoms with Gasteiger partial charge in [0.15, 0.2) is 8.32 Å². The summed E-state index contributed by atoms with van der Waals surface area (Å²) >= 11 is 0. The van der Waals surface area contributed by atoms with Gasteiger partial charge in [-0.3, -0.25) is 19.2 Å². The number of esters is 1. The Balaban J connectivity index is 1.59. The van der Waals surface area contributed by atoms with Crippen LogP contribution in [-0.4, -0.2) is 124 Å². The summed E-state index contributed by atoms with van der Waals surface area (Å²) in [6.45, 7) is 22.6. The molecule has 1 aromatic rings. The van der Waals surface area contributed by atoms with Crippen molar-refractivity contribution >= 4 is 43.4 Å². The van der Waals surface area contributed by atoms with E-state index in [2.05, 4.69) is 58.3 Å². The number of nitrogens with zero attached hydrogens (tertiary/aromatic N) is 1. The highest BCUT2D eigenvalue weighted by Gasteiger charge is 2.57. The molecule has 14 nitrogen and oxygen atoms in total. The minimum atomic E-state index is -2.57. The molecule has 3 heterocycles. The summed E-state index contributed by atoms with van der Waals surface area (Å²) in [6, 6.07) is 8.16. The van der Waals surface area contributed by atoms with Gasteiger partial charge in [0.1, 0.15) is 24.0 Å². The second-order valence-electron chi connectivity index (χ2n) is 22.9. The number of piperidine rings is 1. The lowest BCUT2D eigenvalue weighted by Gasteiger charge is -2.47. The quantitative estimate of drug-likeness (QED) is 0.0747. The van der Waals surface area contributed by atoms with Gasteiger partial charge in [-0.1, -0.05) is 84.4 Å². The van der Waals surface area contributed by atoms with Gasteiger partial charge in [0.25, 0.3) is 11.7 Å². The molecule has 13 atom stereocenters. The maximum absolute atomic E-state index is 15.0. The molecule has 15 heteroatoms. The molecule has 0 radical (unpaired) electrons. The van der Waals surface area contributed by atoms with Gasteiger partial charge in [-0.15, -0.1) is 0 Å². The zero-order chi connectivity index (χ0) is 53.3. The molecule has 402 valence electrons. The van der Waals surface area contributed by atoms with Crippen LogP contribution >= 0.6 is 0 Å². The van der Waals surface area contributed by atoms with Crippen molar-refractivity contribution in [2.75, 3.05) is 33.2 Å². The number of carbonyl (C=O) groups is 5. The van der Waals surface area contributed by atoms with Crippen LogP contribution in [0, 0.1) is 29.6 Å². The van der Waals surface area contributed by atoms with Crippen LogP contribution in [-0.2, 0) is 52.1 Å². The Morgan fingerprint density at radius 2 is 1.60 bits per heavy atom. The van der Waals surface area contributed by atoms with Gasteiger partial charge >= 0.3 is 5.97 Å². The number of carbonyl (C=O) groups excluding carboxylic acids is 5. The summed E-state index contributed by atoms with van der Waals surface area (Å²) < 4.78 is 38.2. The first-order valence-electron chi connectivity index (χ1n) is 26.5. The molecule has 72 heavy (non-hydrogen) atoms. The molecule has 2 amide bonds. The number of Topliss-reactive ketones (excluding diaryl/α,β-unsaturated/α-hetero) is 2. The minimum Gasteiger partial charge on any atom is -0.456 e. The Labute approximate surface area is 431 Å². The number of ketones is 2. The maximum Gasteiger partial charge on any atom is 0.329 e. The zero-order valence-electron chi connectivity index (χ0n) is 45.9. The second kappa shape index (κ2) is 25.6. The van der Waals surface area contributed by atoms with Crippen molar-refractivity contribution in [3.63, 3.8) is 0 Å². The number of benzene rings is 1. The van der Waals surface area contributed by atoms with Crippen LogP contribution in [0.3, 0.4) is 0 Å². The van der Waals surface area contributed by atoms with Crippen LogP contribution in [0.1, 0.15) is 133 Å². The number of para-hydroxylation sites is 1. The molecule has 0 aromatic heterocycles. The Morgan fingerprint density at radius 3 is 2.22 bits per heavy atom. The molecular formula is C57H88N2O12Si. The number of aliphatic hydroxyl groups is 1. The minimum absolute atomic E-state index is 0.0236. The van der Waals surface area contributed by atoms with E-state index in [-0.39, 0.29) is 60.5 Å². The average Bonchev–Trinajstić information content (AvgIpc) is 3.33. The number of rotatable bonds is 10. The van der Waals surface area contributed by atoms with Crippen LogP contribution in [0.25, 0.3) is 0 Å². The lowest BCUT2D eigenvalue weighted by molar-refractivity contribution is -0.302. The fourth-order valence-corrected chi connectivity index (χ4v) is 12.4. The standard InChI is InChI=1S/C57H88N2O12Si/c1-15-41-28-35(2)27-36(3)29-48(67-11)52-49(68-12)31-38(5)57(65,70-52)53(62)54(63)59-26-20-19-23-44(59)55(64)69-51(39(6)46(34-45(41)60)71-72(13,14)56(7,8)9)37(4)30-40-24-25-42(47(32-40)66-10)33-50(61)58-43-21-17-16-18-22-43/h16-18,21-22,28,30,33,36,38-41,44,46-49,51-52,65H,15,19-20,23-27,29,31-32,34H2,1-14H3,(H,58,61). The molecule has 1 aliphatic carbocycles. The average molecular weight is 1020 g/mol. The van der Waals surface area contributed by atoms with E-state index in [1.54, 1.807) is 34.3 Å². The van der Waals surface area contributed by atoms with Gasteiger partial charge in [0, 0.05) is 63.8 Å². The summed E-state index contributed by atoms with van der Waals surface area (Å²) in [4.78, 5) is 73.3. The van der Waals surface area contributed by atoms with Gasteiger partial charge in [0.05, 0.1) is 24.4 Å². The second-order valence-corrected chi connectivity index (χ2v) is 27.7. The summed E-state index contributed by atoms with van der Waals surface area (Å²) in [5.41, 5.74) is 3.38. The van der Waals surface area contributed by atoms with E-state index in [0.717, 1.165) is 16.7 Å². The molecule has 2 N–H and O–H groups in total. The Kier molecular flexibility index (Phi) is 21.0. The van der Waals surface area contributed by atoms with E-state index in [1.165, 1.54) is 4.90 Å². The summed E-state index contributed by atoms with van der Waals surface area (Å²) in [7, 11) is 2.18. The number of cyclic esters (lactones) is 1. The molecule has 3 fully saturated rings. The predicted octanol–water partition coefficient (Wildman–Crippen LogP) is 9.71. The molecular weight excluding hydrogens is 933 g/mol. The zero-order valence-corrected chi connectivity index (χ0v) is 46.9. The first-order chi connectivity index (χ1) is 33.9. The van der Waals surface area contributed by atoms with E-state index in [4.69, 9.17) is 28.1 Å². The number of nitrogens with one attached hydrogen (secondary N) is 1. The molecule has 0 spiro atoms. The topological polar surface area (TPSA) is 176 Å². The molecule has 2 saturated heterocycles. The van der Waals surface area contributed by atoms with Crippen molar-refractivity contribution in [3.05, 3.63) is 65.3 Å². The Bertz CT molecular complexity index is 2130. The van der Waals surface area contributed by atoms with Crippen molar-refractivity contribution in [1.82, 2.24) is 4.90 Å². The maximum atomic E-state index is 15.0. The van der Waals surface area contributed by atoms with Crippen molar-refractivity contribution in [2.45, 2.75) is 200 Å². The molecule has 1 aromatic carbocycles. The smallest absolute Gasteiger partial charge is 0.329 e. The molecule has 4 aliphatic rings. The third kappa shape index (κ3) is 14.5. The van der Waals surface area contributed by atoms with Gasteiger partial charge in [-0.25, -0.2) is 4.79 Å². The van der Waals surface area contributed by atoms with E-state index in [9.17, 15) is 29.1 Å². The van der Waals surface area contributed by atoms with Crippen LogP contribution in [0.2, 0.25) is 18.1 Å². The third-order valence-corrected chi connectivity index (χ3v) is 20.9. The molecule has 1 saturated carbocycles. The lowest BCUT2D eigenvalue weighted by Crippen LogP contribution is -2.64. The molecule has 3 aliphatic heterocycles. The highest BCUT2D eigenvalue weighted by atomic mass is 28.4. The normalized spacial score (nSPS) is 34.2. The molecule has 5 rings (SSSR count). The van der Waals surface area contributed by atoms with Crippen LogP contribution in [0.15, 0.2) is 65.3 Å². The summed E-state index contributed by atoms with van der Waals surface area (Å²) in [5, 5.41) is 15.0. The van der Waals surface area contributed by atoms with Crippen molar-refractivity contribution in [3.8, 4) is 0 Å². The first-order valence-corrected chi connectivity index (χ1v) is 29.5. The first kappa shape index (κ1) is 59.0. The number of anilines is 1. The Hall–Kier alpha value is -3.83.